The number of rotatable bonds is 6. The van der Waals surface area contributed by atoms with Gasteiger partial charge in [-0.15, -0.1) is 11.3 Å². The minimum Gasteiger partial charge on any atom is -0.357 e. The SMILES string of the molecule is CCNC(=NCc1ncc(C)s1)NCCc1nc2ccccc2[nH]1. The Hall–Kier alpha value is -2.41. The molecule has 3 N–H and O–H groups in total. The summed E-state index contributed by atoms with van der Waals surface area (Å²) < 4.78 is 0. The summed E-state index contributed by atoms with van der Waals surface area (Å²) in [6.07, 6.45) is 2.70. The van der Waals surface area contributed by atoms with Crippen LogP contribution in [0.4, 0.5) is 0 Å². The third-order valence-corrected chi connectivity index (χ3v) is 4.38. The van der Waals surface area contributed by atoms with Gasteiger partial charge in [0.15, 0.2) is 5.96 Å². The fourth-order valence-corrected chi connectivity index (χ4v) is 3.10. The van der Waals surface area contributed by atoms with Crippen molar-refractivity contribution >= 4 is 28.3 Å². The van der Waals surface area contributed by atoms with Gasteiger partial charge in [0.25, 0.3) is 0 Å². The lowest BCUT2D eigenvalue weighted by molar-refractivity contribution is 0.779. The molecule has 0 amide bonds. The molecular weight excluding hydrogens is 320 g/mol. The molecule has 0 spiro atoms. The van der Waals surface area contributed by atoms with Crippen molar-refractivity contribution in [3.63, 3.8) is 0 Å². The average molecular weight is 342 g/mol. The van der Waals surface area contributed by atoms with Crippen LogP contribution in [-0.4, -0.2) is 34.0 Å². The van der Waals surface area contributed by atoms with E-state index in [1.807, 2.05) is 30.5 Å². The second-order valence-corrected chi connectivity index (χ2v) is 6.76. The number of aromatic nitrogens is 3. The minimum atomic E-state index is 0.596. The van der Waals surface area contributed by atoms with Gasteiger partial charge in [-0.3, -0.25) is 0 Å². The van der Waals surface area contributed by atoms with E-state index in [4.69, 9.17) is 0 Å². The number of hydrogen-bond donors (Lipinski definition) is 3. The van der Waals surface area contributed by atoms with Crippen molar-refractivity contribution in [1.29, 1.82) is 0 Å². The predicted octanol–water partition coefficient (Wildman–Crippen LogP) is 2.63. The van der Waals surface area contributed by atoms with Gasteiger partial charge in [0.2, 0.25) is 0 Å². The summed E-state index contributed by atoms with van der Waals surface area (Å²) in [5, 5.41) is 7.63. The molecule has 0 atom stereocenters. The van der Waals surface area contributed by atoms with E-state index in [1.165, 1.54) is 4.88 Å². The number of aliphatic imine (C=N–C) groups is 1. The fraction of sp³-hybridized carbons (Fsp3) is 0.353. The van der Waals surface area contributed by atoms with Crippen molar-refractivity contribution in [2.75, 3.05) is 13.1 Å². The highest BCUT2D eigenvalue weighted by atomic mass is 32.1. The predicted molar refractivity (Wildman–Crippen MR) is 99.5 cm³/mol. The Labute approximate surface area is 145 Å². The van der Waals surface area contributed by atoms with Crippen LogP contribution in [0.5, 0.6) is 0 Å². The minimum absolute atomic E-state index is 0.596. The van der Waals surface area contributed by atoms with Gasteiger partial charge >= 0.3 is 0 Å². The van der Waals surface area contributed by atoms with Gasteiger partial charge in [0.05, 0.1) is 17.6 Å². The fourth-order valence-electron chi connectivity index (χ4n) is 2.39. The van der Waals surface area contributed by atoms with Crippen LogP contribution in [0, 0.1) is 6.92 Å². The lowest BCUT2D eigenvalue weighted by Gasteiger charge is -2.10. The molecule has 1 aromatic carbocycles. The second kappa shape index (κ2) is 7.92. The van der Waals surface area contributed by atoms with E-state index in [1.54, 1.807) is 11.3 Å². The Bertz CT molecular complexity index is 786. The number of nitrogens with zero attached hydrogens (tertiary/aromatic N) is 3. The third kappa shape index (κ3) is 4.32. The summed E-state index contributed by atoms with van der Waals surface area (Å²) >= 11 is 1.68. The number of aryl methyl sites for hydroxylation is 1. The van der Waals surface area contributed by atoms with Crippen LogP contribution >= 0.6 is 11.3 Å². The zero-order valence-corrected chi connectivity index (χ0v) is 14.8. The lowest BCUT2D eigenvalue weighted by Crippen LogP contribution is -2.38. The van der Waals surface area contributed by atoms with Crippen LogP contribution in [0.3, 0.4) is 0 Å². The topological polar surface area (TPSA) is 78.0 Å². The van der Waals surface area contributed by atoms with Crippen LogP contribution in [0.2, 0.25) is 0 Å². The molecule has 0 aliphatic carbocycles. The standard InChI is InChI=1S/C17H22N6S/c1-3-18-17(21-11-16-20-10-12(2)24-16)19-9-8-15-22-13-6-4-5-7-14(13)23-15/h4-7,10H,3,8-9,11H2,1-2H3,(H,22,23)(H2,18,19,21). The first-order valence-electron chi connectivity index (χ1n) is 8.11. The van der Waals surface area contributed by atoms with E-state index in [9.17, 15) is 0 Å². The number of guanidine groups is 1. The maximum Gasteiger partial charge on any atom is 0.191 e. The number of imidazole rings is 1. The molecule has 0 fully saturated rings. The van der Waals surface area contributed by atoms with Gasteiger partial charge in [-0.2, -0.15) is 0 Å². The molecule has 6 nitrogen and oxygen atoms in total. The molecule has 0 unspecified atom stereocenters. The van der Waals surface area contributed by atoms with Gasteiger partial charge in [0.1, 0.15) is 10.8 Å². The van der Waals surface area contributed by atoms with Gasteiger partial charge in [-0.25, -0.2) is 15.0 Å². The molecule has 0 bridgehead atoms. The number of para-hydroxylation sites is 2. The smallest absolute Gasteiger partial charge is 0.191 e. The zero-order chi connectivity index (χ0) is 16.8. The molecule has 2 aromatic heterocycles. The van der Waals surface area contributed by atoms with E-state index < -0.39 is 0 Å². The molecule has 126 valence electrons. The van der Waals surface area contributed by atoms with E-state index >= 15 is 0 Å². The Kier molecular flexibility index (Phi) is 5.43. The first-order chi connectivity index (χ1) is 11.7. The maximum absolute atomic E-state index is 4.59. The third-order valence-electron chi connectivity index (χ3n) is 3.48. The van der Waals surface area contributed by atoms with Crippen LogP contribution in [-0.2, 0) is 13.0 Å². The second-order valence-electron chi connectivity index (χ2n) is 5.44. The summed E-state index contributed by atoms with van der Waals surface area (Å²) in [5.41, 5.74) is 2.08. The van der Waals surface area contributed by atoms with E-state index in [0.29, 0.717) is 6.54 Å². The lowest BCUT2D eigenvalue weighted by atomic mass is 10.3. The number of fused-ring (bicyclic) bond motifs is 1. The molecule has 0 saturated heterocycles. The summed E-state index contributed by atoms with van der Waals surface area (Å²) in [4.78, 5) is 18.1. The van der Waals surface area contributed by atoms with Crippen molar-refractivity contribution in [3.05, 3.63) is 46.2 Å². The Morgan fingerprint density at radius 2 is 2.17 bits per heavy atom. The van der Waals surface area contributed by atoms with Gasteiger partial charge < -0.3 is 15.6 Å². The van der Waals surface area contributed by atoms with Crippen molar-refractivity contribution in [2.24, 2.45) is 4.99 Å². The molecular formula is C17H22N6S. The maximum atomic E-state index is 4.59. The summed E-state index contributed by atoms with van der Waals surface area (Å²) in [7, 11) is 0. The summed E-state index contributed by atoms with van der Waals surface area (Å²) in [6, 6.07) is 8.07. The van der Waals surface area contributed by atoms with Gasteiger partial charge in [0, 0.05) is 30.6 Å². The molecule has 0 saturated carbocycles. The Balaban J connectivity index is 1.55. The molecule has 0 aliphatic heterocycles. The number of nitrogens with one attached hydrogen (secondary N) is 3. The first kappa shape index (κ1) is 16.4. The number of aromatic amines is 1. The highest BCUT2D eigenvalue weighted by molar-refractivity contribution is 7.11. The molecule has 0 aliphatic rings. The zero-order valence-electron chi connectivity index (χ0n) is 14.0. The van der Waals surface area contributed by atoms with Crippen LogP contribution < -0.4 is 10.6 Å². The van der Waals surface area contributed by atoms with Crippen molar-refractivity contribution in [3.8, 4) is 0 Å². The van der Waals surface area contributed by atoms with Crippen LogP contribution in [0.1, 0.15) is 22.6 Å². The monoisotopic (exact) mass is 342 g/mol. The van der Waals surface area contributed by atoms with E-state index in [-0.39, 0.29) is 0 Å². The van der Waals surface area contributed by atoms with E-state index in [2.05, 4.69) is 44.4 Å². The highest BCUT2D eigenvalue weighted by Crippen LogP contribution is 2.12. The quantitative estimate of drug-likeness (QED) is 0.475. The largest absolute Gasteiger partial charge is 0.357 e. The average Bonchev–Trinajstić information content (AvgIpc) is 3.18. The van der Waals surface area contributed by atoms with Crippen molar-refractivity contribution < 1.29 is 0 Å². The van der Waals surface area contributed by atoms with Gasteiger partial charge in [-0.1, -0.05) is 12.1 Å². The number of benzene rings is 1. The van der Waals surface area contributed by atoms with Crippen LogP contribution in [0.15, 0.2) is 35.5 Å². The van der Waals surface area contributed by atoms with Gasteiger partial charge in [-0.05, 0) is 26.0 Å². The highest BCUT2D eigenvalue weighted by Gasteiger charge is 2.03. The molecule has 24 heavy (non-hydrogen) atoms. The van der Waals surface area contributed by atoms with E-state index in [0.717, 1.165) is 47.3 Å². The normalized spacial score (nSPS) is 11.8. The molecule has 0 radical (unpaired) electrons. The Morgan fingerprint density at radius 3 is 2.92 bits per heavy atom. The molecule has 3 aromatic rings. The molecule has 2 heterocycles. The Morgan fingerprint density at radius 1 is 1.29 bits per heavy atom. The molecule has 3 rings (SSSR count). The number of H-pyrrole nitrogens is 1. The van der Waals surface area contributed by atoms with Crippen LogP contribution in [0.25, 0.3) is 11.0 Å². The number of thiazole rings is 1. The molecule has 7 heteroatoms. The number of hydrogen-bond acceptors (Lipinski definition) is 4. The van der Waals surface area contributed by atoms with Crippen molar-refractivity contribution in [2.45, 2.75) is 26.8 Å². The summed E-state index contributed by atoms with van der Waals surface area (Å²) in [6.45, 7) is 6.31. The first-order valence-corrected chi connectivity index (χ1v) is 8.93. The summed E-state index contributed by atoms with van der Waals surface area (Å²) in [5.74, 6) is 1.79. The van der Waals surface area contributed by atoms with Crippen molar-refractivity contribution in [1.82, 2.24) is 25.6 Å².